The largest absolute Gasteiger partial charge is 0.314 e. The van der Waals surface area contributed by atoms with E-state index in [4.69, 9.17) is 0 Å². The summed E-state index contributed by atoms with van der Waals surface area (Å²) in [7, 11) is 0. The number of hydrogen-bond donors (Lipinski definition) is 0. The third kappa shape index (κ3) is 4.94. The molecule has 2 nitrogen and oxygen atoms in total. The van der Waals surface area contributed by atoms with Crippen molar-refractivity contribution in [2.24, 2.45) is 0 Å². The molecule has 1 heterocycles. The zero-order valence-electron chi connectivity index (χ0n) is 29.2. The van der Waals surface area contributed by atoms with Crippen molar-refractivity contribution >= 4 is 50.8 Å². The Bertz CT molecular complexity index is 2590. The number of allylic oxidation sites excluding steroid dienone is 4. The Morgan fingerprint density at radius 3 is 2.14 bits per heavy atom. The molecule has 0 aliphatic heterocycles. The van der Waals surface area contributed by atoms with Crippen molar-refractivity contribution in [1.29, 1.82) is 0 Å². The number of benzene rings is 6. The van der Waals surface area contributed by atoms with Crippen LogP contribution in [0, 0.1) is 0 Å². The Hall–Kier alpha value is -6.12. The smallest absolute Gasteiger partial charge is 0.0541 e. The maximum Gasteiger partial charge on any atom is 0.0541 e. The number of fused-ring (bicyclic) bond motifs is 5. The molecule has 0 saturated heterocycles. The molecule has 6 aromatic carbocycles. The monoisotopic (exact) mass is 656 g/mol. The standard InChI is InChI=1S/C49H40N2/c1-5-41-44-16-10-12-18-48(44)51(47(41)6-2)39-27-25-38(26-28-39)50(40-29-30-43-42-15-9-11-17-45(42)49(3,4)46(43)32-40)37-23-21-34(22-24-37)36-20-19-33-13-7-8-14-35(33)31-36/h5-21,23,25-32H,1-2,22,24H2,3-4H3. The van der Waals surface area contributed by atoms with Gasteiger partial charge in [-0.05, 0) is 118 Å². The predicted molar refractivity (Wildman–Crippen MR) is 219 cm³/mol. The van der Waals surface area contributed by atoms with E-state index in [9.17, 15) is 0 Å². The molecule has 0 N–H and O–H groups in total. The molecule has 0 bridgehead atoms. The highest BCUT2D eigenvalue weighted by Crippen LogP contribution is 2.50. The van der Waals surface area contributed by atoms with Crippen molar-refractivity contribution in [2.45, 2.75) is 32.1 Å². The molecule has 2 aliphatic rings. The van der Waals surface area contributed by atoms with E-state index in [2.05, 4.69) is 182 Å². The molecule has 7 aromatic rings. The Balaban J connectivity index is 1.16. The summed E-state index contributed by atoms with van der Waals surface area (Å²) in [6, 6.07) is 48.9. The summed E-state index contributed by atoms with van der Waals surface area (Å²) in [5, 5.41) is 3.74. The summed E-state index contributed by atoms with van der Waals surface area (Å²) in [5.41, 5.74) is 16.0. The van der Waals surface area contributed by atoms with Gasteiger partial charge in [-0.1, -0.05) is 124 Å². The van der Waals surface area contributed by atoms with Gasteiger partial charge >= 0.3 is 0 Å². The highest BCUT2D eigenvalue weighted by Gasteiger charge is 2.36. The van der Waals surface area contributed by atoms with Gasteiger partial charge in [-0.25, -0.2) is 0 Å². The van der Waals surface area contributed by atoms with Crippen molar-refractivity contribution in [1.82, 2.24) is 4.57 Å². The first-order valence-corrected chi connectivity index (χ1v) is 17.9. The molecular formula is C49H40N2. The van der Waals surface area contributed by atoms with Crippen LogP contribution in [0.15, 0.2) is 164 Å². The van der Waals surface area contributed by atoms with E-state index < -0.39 is 0 Å². The van der Waals surface area contributed by atoms with Crippen LogP contribution in [0.4, 0.5) is 11.4 Å². The van der Waals surface area contributed by atoms with E-state index in [-0.39, 0.29) is 5.41 Å². The number of hydrogen-bond acceptors (Lipinski definition) is 1. The number of rotatable bonds is 7. The quantitative estimate of drug-likeness (QED) is 0.166. The second kappa shape index (κ2) is 12.0. The Morgan fingerprint density at radius 2 is 1.35 bits per heavy atom. The average Bonchev–Trinajstić information content (AvgIpc) is 3.63. The lowest BCUT2D eigenvalue weighted by Gasteiger charge is -2.31. The molecule has 2 aliphatic carbocycles. The minimum absolute atomic E-state index is 0.0823. The third-order valence-electron chi connectivity index (χ3n) is 11.1. The predicted octanol–water partition coefficient (Wildman–Crippen LogP) is 13.3. The normalized spacial score (nSPS) is 14.5. The summed E-state index contributed by atoms with van der Waals surface area (Å²) >= 11 is 0. The SMILES string of the molecule is C=Cc1c(C=C)n(-c2ccc(N(C3=CC=C(c4ccc5ccccc5c4)CC3)c3ccc4c(c3)C(C)(C)c3ccccc3-4)cc2)c2ccccc12. The first kappa shape index (κ1) is 30.9. The Kier molecular flexibility index (Phi) is 7.29. The van der Waals surface area contributed by atoms with Crippen LogP contribution in [-0.2, 0) is 5.41 Å². The van der Waals surface area contributed by atoms with Crippen molar-refractivity contribution < 1.29 is 0 Å². The zero-order valence-corrected chi connectivity index (χ0v) is 29.2. The highest BCUT2D eigenvalue weighted by atomic mass is 15.1. The van der Waals surface area contributed by atoms with E-state index >= 15 is 0 Å². The van der Waals surface area contributed by atoms with Crippen molar-refractivity contribution in [2.75, 3.05) is 4.90 Å². The van der Waals surface area contributed by atoms with E-state index in [1.807, 2.05) is 12.2 Å². The van der Waals surface area contributed by atoms with Gasteiger partial charge in [0.15, 0.2) is 0 Å². The zero-order chi connectivity index (χ0) is 34.7. The first-order chi connectivity index (χ1) is 25.0. The van der Waals surface area contributed by atoms with Gasteiger partial charge in [0.2, 0.25) is 0 Å². The van der Waals surface area contributed by atoms with E-state index in [1.54, 1.807) is 0 Å². The maximum absolute atomic E-state index is 4.18. The van der Waals surface area contributed by atoms with Gasteiger partial charge in [0, 0.05) is 39.1 Å². The van der Waals surface area contributed by atoms with Crippen LogP contribution >= 0.6 is 0 Å². The molecule has 9 rings (SSSR count). The van der Waals surface area contributed by atoms with Crippen LogP contribution in [-0.4, -0.2) is 4.57 Å². The Morgan fingerprint density at radius 1 is 0.627 bits per heavy atom. The fourth-order valence-electron chi connectivity index (χ4n) is 8.48. The van der Waals surface area contributed by atoms with Gasteiger partial charge in [0.25, 0.3) is 0 Å². The topological polar surface area (TPSA) is 8.17 Å². The highest BCUT2D eigenvalue weighted by molar-refractivity contribution is 5.95. The molecule has 0 atom stereocenters. The molecule has 2 heteroatoms. The van der Waals surface area contributed by atoms with Gasteiger partial charge in [-0.15, -0.1) is 0 Å². The van der Waals surface area contributed by atoms with Crippen LogP contribution < -0.4 is 4.90 Å². The molecule has 0 saturated carbocycles. The molecule has 0 radical (unpaired) electrons. The summed E-state index contributed by atoms with van der Waals surface area (Å²) in [4.78, 5) is 2.47. The average molecular weight is 657 g/mol. The van der Waals surface area contributed by atoms with E-state index in [0.717, 1.165) is 41.0 Å². The Labute approximate surface area is 300 Å². The molecule has 0 fully saturated rings. The maximum atomic E-state index is 4.18. The number of nitrogens with zero attached hydrogens (tertiary/aromatic N) is 2. The lowest BCUT2D eigenvalue weighted by molar-refractivity contribution is 0.660. The summed E-state index contributed by atoms with van der Waals surface area (Å²) in [6.45, 7) is 13.0. The molecule has 0 unspecified atom stereocenters. The van der Waals surface area contributed by atoms with Gasteiger partial charge in [0.1, 0.15) is 0 Å². The fraction of sp³-hybridized carbons (Fsp3) is 0.102. The van der Waals surface area contributed by atoms with Gasteiger partial charge in [-0.3, -0.25) is 0 Å². The minimum atomic E-state index is -0.0823. The summed E-state index contributed by atoms with van der Waals surface area (Å²) in [5.74, 6) is 0. The van der Waals surface area contributed by atoms with Crippen LogP contribution in [0.25, 0.3) is 56.2 Å². The molecule has 0 amide bonds. The molecule has 51 heavy (non-hydrogen) atoms. The van der Waals surface area contributed by atoms with Crippen LogP contribution in [0.2, 0.25) is 0 Å². The van der Waals surface area contributed by atoms with Gasteiger partial charge in [-0.2, -0.15) is 0 Å². The van der Waals surface area contributed by atoms with Crippen molar-refractivity contribution in [3.63, 3.8) is 0 Å². The van der Waals surface area contributed by atoms with Gasteiger partial charge < -0.3 is 9.47 Å². The number of para-hydroxylation sites is 1. The molecule has 0 spiro atoms. The third-order valence-corrected chi connectivity index (χ3v) is 11.1. The van der Waals surface area contributed by atoms with Crippen LogP contribution in [0.1, 0.15) is 54.6 Å². The summed E-state index contributed by atoms with van der Waals surface area (Å²) in [6.07, 6.45) is 10.5. The molecule has 1 aromatic heterocycles. The van der Waals surface area contributed by atoms with E-state index in [0.29, 0.717) is 0 Å². The van der Waals surface area contributed by atoms with Crippen molar-refractivity contribution in [3.8, 4) is 16.8 Å². The number of aromatic nitrogens is 1. The van der Waals surface area contributed by atoms with Gasteiger partial charge in [0.05, 0.1) is 11.2 Å². The molecular weight excluding hydrogens is 617 g/mol. The van der Waals surface area contributed by atoms with E-state index in [1.165, 1.54) is 60.9 Å². The first-order valence-electron chi connectivity index (χ1n) is 17.9. The lowest BCUT2D eigenvalue weighted by atomic mass is 9.82. The second-order valence-electron chi connectivity index (χ2n) is 14.2. The number of anilines is 2. The molecule has 246 valence electrons. The second-order valence-corrected chi connectivity index (χ2v) is 14.2. The van der Waals surface area contributed by atoms with Crippen molar-refractivity contribution in [3.05, 3.63) is 192 Å². The summed E-state index contributed by atoms with van der Waals surface area (Å²) < 4.78 is 2.29. The van der Waals surface area contributed by atoms with Crippen LogP contribution in [0.3, 0.4) is 0 Å². The lowest BCUT2D eigenvalue weighted by Crippen LogP contribution is -2.20. The fourth-order valence-corrected chi connectivity index (χ4v) is 8.48. The van der Waals surface area contributed by atoms with Crippen LogP contribution in [0.5, 0.6) is 0 Å². The minimum Gasteiger partial charge on any atom is -0.314 e.